The minimum absolute atomic E-state index is 0.118. The van der Waals surface area contributed by atoms with Crippen LogP contribution < -0.4 is 10.1 Å². The predicted molar refractivity (Wildman–Crippen MR) is 112 cm³/mol. The highest BCUT2D eigenvalue weighted by atomic mass is 32.2. The zero-order chi connectivity index (χ0) is 20.7. The number of ether oxygens (including phenoxy) is 1. The second-order valence-corrected chi connectivity index (χ2v) is 9.15. The molecule has 0 aromatic heterocycles. The van der Waals surface area contributed by atoms with Gasteiger partial charge in [-0.25, -0.2) is 8.42 Å². The number of hydrogen-bond donors (Lipinski definition) is 1. The number of thioether (sulfide) groups is 1. The maximum absolute atomic E-state index is 12.7. The summed E-state index contributed by atoms with van der Waals surface area (Å²) in [5, 5.41) is 2.84. The number of benzene rings is 2. The monoisotopic (exact) mass is 422 g/mol. The van der Waals surface area contributed by atoms with Gasteiger partial charge in [-0.05, 0) is 62.1 Å². The average molecular weight is 423 g/mol. The fraction of sp³-hybridized carbons (Fsp3) is 0.350. The van der Waals surface area contributed by atoms with Gasteiger partial charge in [0, 0.05) is 11.9 Å². The summed E-state index contributed by atoms with van der Waals surface area (Å²) < 4.78 is 31.7. The van der Waals surface area contributed by atoms with E-state index in [1.165, 1.54) is 19.2 Å². The Morgan fingerprint density at radius 2 is 1.75 bits per heavy atom. The molecule has 0 unspecified atom stereocenters. The molecule has 0 aliphatic heterocycles. The van der Waals surface area contributed by atoms with Gasteiger partial charge in [0.25, 0.3) is 0 Å². The molecule has 0 heterocycles. The summed E-state index contributed by atoms with van der Waals surface area (Å²) in [6.45, 7) is 3.97. The van der Waals surface area contributed by atoms with Gasteiger partial charge in [-0.15, -0.1) is 11.8 Å². The smallest absolute Gasteiger partial charge is 0.243 e. The quantitative estimate of drug-likeness (QED) is 0.628. The predicted octanol–water partition coefficient (Wildman–Crippen LogP) is 3.31. The number of nitrogens with zero attached hydrogens (tertiary/aromatic N) is 1. The lowest BCUT2D eigenvalue weighted by Gasteiger charge is -2.19. The third-order valence-corrected chi connectivity index (χ3v) is 6.76. The molecular weight excluding hydrogens is 396 g/mol. The molecule has 0 saturated carbocycles. The van der Waals surface area contributed by atoms with Crippen LogP contribution >= 0.6 is 11.8 Å². The first-order valence-corrected chi connectivity index (χ1v) is 11.6. The summed E-state index contributed by atoms with van der Waals surface area (Å²) in [4.78, 5) is 13.6. The van der Waals surface area contributed by atoms with Crippen LogP contribution in [0.15, 0.2) is 58.3 Å². The van der Waals surface area contributed by atoms with Gasteiger partial charge in [0.2, 0.25) is 15.9 Å². The topological polar surface area (TPSA) is 75.7 Å². The largest absolute Gasteiger partial charge is 0.494 e. The summed E-state index contributed by atoms with van der Waals surface area (Å²) in [6.07, 6.45) is 2.00. The molecule has 0 saturated heterocycles. The molecular formula is C20H26N2O4S2. The van der Waals surface area contributed by atoms with Gasteiger partial charge in [-0.1, -0.05) is 12.1 Å². The summed E-state index contributed by atoms with van der Waals surface area (Å²) in [7, 11) is -2.37. The van der Waals surface area contributed by atoms with Crippen molar-refractivity contribution < 1.29 is 17.9 Å². The van der Waals surface area contributed by atoms with E-state index in [2.05, 4.69) is 5.32 Å². The number of nitrogens with one attached hydrogen (secondary N) is 1. The van der Waals surface area contributed by atoms with Crippen LogP contribution in [-0.2, 0) is 14.8 Å². The number of carbonyl (C=O) groups excluding carboxylic acids is 1. The Hall–Kier alpha value is -2.03. The molecule has 0 bridgehead atoms. The highest BCUT2D eigenvalue weighted by Gasteiger charge is 2.23. The van der Waals surface area contributed by atoms with Crippen molar-refractivity contribution in [2.45, 2.75) is 29.7 Å². The van der Waals surface area contributed by atoms with E-state index < -0.39 is 10.0 Å². The van der Waals surface area contributed by atoms with Gasteiger partial charge in [0.15, 0.2) is 0 Å². The summed E-state index contributed by atoms with van der Waals surface area (Å²) in [6, 6.07) is 13.8. The van der Waals surface area contributed by atoms with Gasteiger partial charge in [0.1, 0.15) is 5.75 Å². The van der Waals surface area contributed by atoms with Crippen molar-refractivity contribution in [3.05, 3.63) is 54.1 Å². The van der Waals surface area contributed by atoms with Crippen molar-refractivity contribution in [3.8, 4) is 5.75 Å². The summed E-state index contributed by atoms with van der Waals surface area (Å²) in [5.41, 5.74) is 0.961. The van der Waals surface area contributed by atoms with Crippen molar-refractivity contribution in [1.82, 2.24) is 9.62 Å². The standard InChI is InChI=1S/C20H26N2O4S2/c1-5-26-17-8-12-19(13-9-17)28(24,25)22(3)14-20(23)21-15(2)16-6-10-18(27-4)11-7-16/h6-13,15H,5,14H2,1-4H3,(H,21,23)/t15-/m0/s1. The van der Waals surface area contributed by atoms with Crippen LogP contribution in [0.3, 0.4) is 0 Å². The second-order valence-electron chi connectivity index (χ2n) is 6.23. The molecule has 28 heavy (non-hydrogen) atoms. The van der Waals surface area contributed by atoms with E-state index >= 15 is 0 Å². The molecule has 1 atom stereocenters. The van der Waals surface area contributed by atoms with E-state index in [-0.39, 0.29) is 23.4 Å². The van der Waals surface area contributed by atoms with Crippen LogP contribution in [0.4, 0.5) is 0 Å². The molecule has 0 spiro atoms. The van der Waals surface area contributed by atoms with Crippen LogP contribution in [-0.4, -0.2) is 45.1 Å². The highest BCUT2D eigenvalue weighted by molar-refractivity contribution is 7.98. The average Bonchev–Trinajstić information content (AvgIpc) is 2.68. The lowest BCUT2D eigenvalue weighted by Crippen LogP contribution is -2.39. The molecule has 2 aromatic carbocycles. The van der Waals surface area contributed by atoms with Gasteiger partial charge >= 0.3 is 0 Å². The fourth-order valence-corrected chi connectivity index (χ4v) is 4.14. The third-order valence-electron chi connectivity index (χ3n) is 4.20. The number of sulfonamides is 1. The number of likely N-dealkylation sites (N-methyl/N-ethyl adjacent to an activating group) is 1. The van der Waals surface area contributed by atoms with Crippen LogP contribution in [0.25, 0.3) is 0 Å². The lowest BCUT2D eigenvalue weighted by atomic mass is 10.1. The maximum Gasteiger partial charge on any atom is 0.243 e. The Morgan fingerprint density at radius 1 is 1.14 bits per heavy atom. The third kappa shape index (κ3) is 5.73. The Kier molecular flexibility index (Phi) is 7.91. The number of rotatable bonds is 9. The van der Waals surface area contributed by atoms with Crippen molar-refractivity contribution in [2.75, 3.05) is 26.5 Å². The van der Waals surface area contributed by atoms with E-state index in [9.17, 15) is 13.2 Å². The molecule has 1 amide bonds. The van der Waals surface area contributed by atoms with E-state index in [0.29, 0.717) is 12.4 Å². The van der Waals surface area contributed by atoms with Gasteiger partial charge in [0.05, 0.1) is 24.1 Å². The molecule has 0 aliphatic rings. The zero-order valence-corrected chi connectivity index (χ0v) is 18.1. The Labute approximate surface area is 171 Å². The summed E-state index contributed by atoms with van der Waals surface area (Å²) >= 11 is 1.65. The van der Waals surface area contributed by atoms with Gasteiger partial charge < -0.3 is 10.1 Å². The maximum atomic E-state index is 12.7. The molecule has 0 fully saturated rings. The molecule has 1 N–H and O–H groups in total. The van der Waals surface area contributed by atoms with Gasteiger partial charge in [-0.2, -0.15) is 4.31 Å². The van der Waals surface area contributed by atoms with Crippen LogP contribution in [0, 0.1) is 0 Å². The van der Waals surface area contributed by atoms with Crippen molar-refractivity contribution in [3.63, 3.8) is 0 Å². The fourth-order valence-electron chi connectivity index (χ4n) is 2.60. The lowest BCUT2D eigenvalue weighted by molar-refractivity contribution is -0.121. The van der Waals surface area contributed by atoms with E-state index in [1.54, 1.807) is 23.9 Å². The van der Waals surface area contributed by atoms with Crippen molar-refractivity contribution >= 4 is 27.7 Å². The minimum Gasteiger partial charge on any atom is -0.494 e. The SMILES string of the molecule is CCOc1ccc(S(=O)(=O)N(C)CC(=O)N[C@@H](C)c2ccc(SC)cc2)cc1. The Balaban J connectivity index is 1.99. The number of amides is 1. The molecule has 2 rings (SSSR count). The zero-order valence-electron chi connectivity index (χ0n) is 16.5. The molecule has 8 heteroatoms. The van der Waals surface area contributed by atoms with Crippen molar-refractivity contribution in [2.24, 2.45) is 0 Å². The van der Waals surface area contributed by atoms with Crippen LogP contribution in [0.1, 0.15) is 25.5 Å². The first kappa shape index (κ1) is 22.3. The van der Waals surface area contributed by atoms with E-state index in [4.69, 9.17) is 4.74 Å². The Morgan fingerprint density at radius 3 is 2.29 bits per heavy atom. The van der Waals surface area contributed by atoms with Crippen LogP contribution in [0.5, 0.6) is 5.75 Å². The molecule has 152 valence electrons. The minimum atomic E-state index is -3.76. The number of carbonyl (C=O) groups is 1. The summed E-state index contributed by atoms with van der Waals surface area (Å²) in [5.74, 6) is 0.238. The molecule has 0 aliphatic carbocycles. The molecule has 0 radical (unpaired) electrons. The molecule has 2 aromatic rings. The number of hydrogen-bond acceptors (Lipinski definition) is 5. The Bertz CT molecular complexity index is 881. The van der Waals surface area contributed by atoms with E-state index in [0.717, 1.165) is 14.8 Å². The highest BCUT2D eigenvalue weighted by Crippen LogP contribution is 2.20. The normalized spacial score (nSPS) is 12.6. The first-order chi connectivity index (χ1) is 13.3. The molecule has 6 nitrogen and oxygen atoms in total. The second kappa shape index (κ2) is 9.95. The van der Waals surface area contributed by atoms with E-state index in [1.807, 2.05) is 44.4 Å². The first-order valence-electron chi connectivity index (χ1n) is 8.90. The van der Waals surface area contributed by atoms with Crippen LogP contribution in [0.2, 0.25) is 0 Å². The van der Waals surface area contributed by atoms with Crippen molar-refractivity contribution in [1.29, 1.82) is 0 Å². The van der Waals surface area contributed by atoms with Gasteiger partial charge in [-0.3, -0.25) is 4.79 Å².